The van der Waals surface area contributed by atoms with Crippen molar-refractivity contribution in [3.63, 3.8) is 0 Å². The molecule has 1 aliphatic heterocycles. The van der Waals surface area contributed by atoms with E-state index in [1.807, 2.05) is 36.4 Å². The number of hydrogen-bond donors (Lipinski definition) is 1. The van der Waals surface area contributed by atoms with Crippen molar-refractivity contribution in [2.75, 3.05) is 13.7 Å². The zero-order chi connectivity index (χ0) is 18.2. The Labute approximate surface area is 147 Å². The lowest BCUT2D eigenvalue weighted by atomic mass is 10.0. The first-order valence-electron chi connectivity index (χ1n) is 8.33. The zero-order valence-corrected chi connectivity index (χ0v) is 14.3. The molecule has 6 heteroatoms. The third kappa shape index (κ3) is 5.45. The quantitative estimate of drug-likeness (QED) is 0.672. The first kappa shape index (κ1) is 18.7. The number of aliphatic carboxylic acids is 1. The first-order valence-corrected chi connectivity index (χ1v) is 8.33. The van der Waals surface area contributed by atoms with Gasteiger partial charge in [-0.25, -0.2) is 0 Å². The van der Waals surface area contributed by atoms with Gasteiger partial charge in [0.25, 0.3) is 0 Å². The molecule has 1 aromatic rings. The Morgan fingerprint density at radius 3 is 2.64 bits per heavy atom. The summed E-state index contributed by atoms with van der Waals surface area (Å²) >= 11 is 0. The summed E-state index contributed by atoms with van der Waals surface area (Å²) in [6, 6.07) is 8.96. The fourth-order valence-corrected chi connectivity index (χ4v) is 2.79. The molecule has 0 aromatic heterocycles. The van der Waals surface area contributed by atoms with Crippen LogP contribution in [0.2, 0.25) is 0 Å². The number of ether oxygens (including phenoxy) is 1. The van der Waals surface area contributed by atoms with Gasteiger partial charge in [-0.1, -0.05) is 42.5 Å². The van der Waals surface area contributed by atoms with Crippen molar-refractivity contribution in [2.24, 2.45) is 5.92 Å². The smallest absolute Gasteiger partial charge is 0.309 e. The monoisotopic (exact) mass is 345 g/mol. The number of rotatable bonds is 3. The molecule has 0 aliphatic carbocycles. The predicted molar refractivity (Wildman–Crippen MR) is 91.6 cm³/mol. The number of likely N-dealkylation sites (N-methyl/N-ethyl adjacent to an activating group) is 1. The van der Waals surface area contributed by atoms with Crippen LogP contribution in [0, 0.1) is 5.92 Å². The van der Waals surface area contributed by atoms with Crippen LogP contribution in [-0.2, 0) is 19.1 Å². The van der Waals surface area contributed by atoms with Crippen molar-refractivity contribution in [3.8, 4) is 0 Å². The van der Waals surface area contributed by atoms with Gasteiger partial charge in [-0.15, -0.1) is 0 Å². The minimum atomic E-state index is -1.03. The molecule has 1 aromatic carbocycles. The highest BCUT2D eigenvalue weighted by Crippen LogP contribution is 2.23. The van der Waals surface area contributed by atoms with Crippen LogP contribution < -0.4 is 0 Å². The number of carboxylic acid groups (broad SMARTS) is 1. The van der Waals surface area contributed by atoms with Crippen molar-refractivity contribution >= 4 is 17.8 Å². The number of carboxylic acids is 1. The maximum Gasteiger partial charge on any atom is 0.309 e. The van der Waals surface area contributed by atoms with E-state index in [0.717, 1.165) is 5.56 Å². The molecule has 0 fully saturated rings. The van der Waals surface area contributed by atoms with Crippen molar-refractivity contribution < 1.29 is 24.2 Å². The Kier molecular flexibility index (Phi) is 6.74. The Morgan fingerprint density at radius 2 is 1.96 bits per heavy atom. The molecule has 2 rings (SSSR count). The van der Waals surface area contributed by atoms with Crippen molar-refractivity contribution in [1.29, 1.82) is 0 Å². The molecule has 1 N–H and O–H groups in total. The fraction of sp³-hybridized carbons (Fsp3) is 0.421. The number of amides is 1. The molecule has 6 nitrogen and oxygen atoms in total. The van der Waals surface area contributed by atoms with Crippen molar-refractivity contribution in [3.05, 3.63) is 48.0 Å². The van der Waals surface area contributed by atoms with Crippen LogP contribution in [0.3, 0.4) is 0 Å². The van der Waals surface area contributed by atoms with E-state index in [1.54, 1.807) is 18.0 Å². The van der Waals surface area contributed by atoms with Crippen LogP contribution in [-0.4, -0.2) is 41.5 Å². The number of carbonyl (C=O) groups is 3. The van der Waals surface area contributed by atoms with E-state index in [-0.39, 0.29) is 18.9 Å². The van der Waals surface area contributed by atoms with Crippen molar-refractivity contribution in [2.45, 2.75) is 31.7 Å². The van der Waals surface area contributed by atoms with Crippen LogP contribution >= 0.6 is 0 Å². The number of carbonyl (C=O) groups excluding carboxylic acids is 2. The van der Waals surface area contributed by atoms with Gasteiger partial charge in [0.15, 0.2) is 0 Å². The van der Waals surface area contributed by atoms with Crippen LogP contribution in [0.25, 0.3) is 0 Å². The second kappa shape index (κ2) is 9.01. The Morgan fingerprint density at radius 1 is 1.24 bits per heavy atom. The van der Waals surface area contributed by atoms with E-state index in [4.69, 9.17) is 9.84 Å². The van der Waals surface area contributed by atoms with Gasteiger partial charge >= 0.3 is 11.9 Å². The Hall–Kier alpha value is -2.63. The van der Waals surface area contributed by atoms with Gasteiger partial charge in [0.2, 0.25) is 5.91 Å². The molecular weight excluding hydrogens is 322 g/mol. The van der Waals surface area contributed by atoms with E-state index in [2.05, 4.69) is 0 Å². The highest BCUT2D eigenvalue weighted by atomic mass is 16.5. The molecule has 1 amide bonds. The molecule has 134 valence electrons. The number of cyclic esters (lactones) is 1. The van der Waals surface area contributed by atoms with Crippen LogP contribution in [0.5, 0.6) is 0 Å². The molecule has 1 aliphatic rings. The van der Waals surface area contributed by atoms with Gasteiger partial charge in [-0.3, -0.25) is 14.4 Å². The van der Waals surface area contributed by atoms with E-state index < -0.39 is 23.9 Å². The summed E-state index contributed by atoms with van der Waals surface area (Å²) in [6.45, 7) is 0.00488. The van der Waals surface area contributed by atoms with Gasteiger partial charge < -0.3 is 14.7 Å². The van der Waals surface area contributed by atoms with Crippen LogP contribution in [0.15, 0.2) is 42.5 Å². The Bertz CT molecular complexity index is 640. The highest BCUT2D eigenvalue weighted by molar-refractivity contribution is 5.79. The van der Waals surface area contributed by atoms with Gasteiger partial charge in [0, 0.05) is 13.5 Å². The number of allylic oxidation sites excluding steroid dienone is 2. The van der Waals surface area contributed by atoms with Crippen LogP contribution in [0.1, 0.15) is 37.3 Å². The molecule has 0 unspecified atom stereocenters. The molecule has 0 bridgehead atoms. The second-order valence-electron chi connectivity index (χ2n) is 6.10. The second-order valence-corrected chi connectivity index (χ2v) is 6.10. The van der Waals surface area contributed by atoms with Crippen LogP contribution in [0.4, 0.5) is 0 Å². The number of benzene rings is 1. The van der Waals surface area contributed by atoms with Gasteiger partial charge in [0.05, 0.1) is 18.4 Å². The molecule has 0 radical (unpaired) electrons. The predicted octanol–water partition coefficient (Wildman–Crippen LogP) is 2.56. The number of esters is 1. The highest BCUT2D eigenvalue weighted by Gasteiger charge is 2.27. The number of hydrogen-bond acceptors (Lipinski definition) is 4. The SMILES string of the molecule is CN1C(=O)CC/C=C/C[C@@H](CC(=O)O)C(=O)OC[C@H]1c1ccccc1. The maximum atomic E-state index is 12.4. The summed E-state index contributed by atoms with van der Waals surface area (Å²) in [5.74, 6) is -2.33. The third-order valence-electron chi connectivity index (χ3n) is 4.30. The summed E-state index contributed by atoms with van der Waals surface area (Å²) in [5.41, 5.74) is 0.869. The summed E-state index contributed by atoms with van der Waals surface area (Å²) in [7, 11) is 1.69. The van der Waals surface area contributed by atoms with Crippen molar-refractivity contribution in [1.82, 2.24) is 4.90 Å². The average molecular weight is 345 g/mol. The third-order valence-corrected chi connectivity index (χ3v) is 4.30. The summed E-state index contributed by atoms with van der Waals surface area (Å²) in [4.78, 5) is 37.3. The zero-order valence-electron chi connectivity index (χ0n) is 14.3. The average Bonchev–Trinajstić information content (AvgIpc) is 2.59. The molecule has 1 heterocycles. The minimum absolute atomic E-state index is 0.00488. The molecule has 0 saturated heterocycles. The van der Waals surface area contributed by atoms with Gasteiger partial charge in [-0.2, -0.15) is 0 Å². The summed E-state index contributed by atoms with van der Waals surface area (Å²) < 4.78 is 5.38. The summed E-state index contributed by atoms with van der Waals surface area (Å²) in [6.07, 6.45) is 4.50. The molecule has 2 atom stereocenters. The normalized spacial score (nSPS) is 24.0. The lowest BCUT2D eigenvalue weighted by molar-refractivity contribution is -0.155. The lowest BCUT2D eigenvalue weighted by Crippen LogP contribution is -2.35. The van der Waals surface area contributed by atoms with E-state index >= 15 is 0 Å². The summed E-state index contributed by atoms with van der Waals surface area (Å²) in [5, 5.41) is 8.99. The van der Waals surface area contributed by atoms with Gasteiger partial charge in [-0.05, 0) is 18.4 Å². The first-order chi connectivity index (χ1) is 12.0. The van der Waals surface area contributed by atoms with Gasteiger partial charge in [0.1, 0.15) is 6.61 Å². The van der Waals surface area contributed by atoms with E-state index in [9.17, 15) is 14.4 Å². The molecule has 0 spiro atoms. The Balaban J connectivity index is 2.23. The molecule has 25 heavy (non-hydrogen) atoms. The number of nitrogens with zero attached hydrogens (tertiary/aromatic N) is 1. The minimum Gasteiger partial charge on any atom is -0.481 e. The van der Waals surface area contributed by atoms with E-state index in [0.29, 0.717) is 19.3 Å². The molecular formula is C19H23NO5. The topological polar surface area (TPSA) is 83.9 Å². The lowest BCUT2D eigenvalue weighted by Gasteiger charge is -2.29. The largest absolute Gasteiger partial charge is 0.481 e. The molecule has 0 saturated carbocycles. The fourth-order valence-electron chi connectivity index (χ4n) is 2.79. The maximum absolute atomic E-state index is 12.4. The van der Waals surface area contributed by atoms with E-state index in [1.165, 1.54) is 0 Å². The standard InChI is InChI=1S/C19H23NO5/c1-20-16(14-8-4-2-5-9-14)13-25-19(24)15(12-18(22)23)10-6-3-7-11-17(20)21/h2-6,8-9,15-16H,7,10-13H2,1H3,(H,22,23)/b6-3+/t15-,16-/m0/s1.